The lowest BCUT2D eigenvalue weighted by molar-refractivity contribution is -0.367. The Balaban J connectivity index is 2.47. The van der Waals surface area contributed by atoms with Crippen LogP contribution in [0.5, 0.6) is 5.75 Å². The van der Waals surface area contributed by atoms with Gasteiger partial charge in [0.1, 0.15) is 11.0 Å². The minimum Gasteiger partial charge on any atom is -0.497 e. The van der Waals surface area contributed by atoms with Crippen molar-refractivity contribution in [3.8, 4) is 5.75 Å². The first kappa shape index (κ1) is 15.8. The number of ether oxygens (including phenoxy) is 1. The average molecular weight is 327 g/mol. The van der Waals surface area contributed by atoms with Crippen molar-refractivity contribution in [2.24, 2.45) is 0 Å². The summed E-state index contributed by atoms with van der Waals surface area (Å²) in [6, 6.07) is 13.3. The van der Waals surface area contributed by atoms with Gasteiger partial charge in [0.05, 0.1) is 18.6 Å². The van der Waals surface area contributed by atoms with Gasteiger partial charge in [-0.2, -0.15) is 0 Å². The second kappa shape index (κ2) is 6.47. The summed E-state index contributed by atoms with van der Waals surface area (Å²) >= 11 is 6.13. The number of hydrogen-bond acceptors (Lipinski definition) is 3. The second-order valence-electron chi connectivity index (χ2n) is 4.52. The zero-order valence-corrected chi connectivity index (χ0v) is 13.2. The normalized spacial score (nSPS) is 12.9. The molecule has 0 aliphatic carbocycles. The van der Waals surface area contributed by atoms with Crippen LogP contribution in [-0.2, 0) is 9.84 Å². The Bertz CT molecular complexity index is 714. The van der Waals surface area contributed by atoms with Gasteiger partial charge in [-0.3, -0.25) is 0 Å². The van der Waals surface area contributed by atoms with E-state index in [1.807, 2.05) is 0 Å². The molecule has 0 radical (unpaired) electrons. The summed E-state index contributed by atoms with van der Waals surface area (Å²) in [5, 5.41) is -0.331. The van der Waals surface area contributed by atoms with Gasteiger partial charge in [-0.1, -0.05) is 29.8 Å². The molecule has 21 heavy (non-hydrogen) atoms. The molecule has 112 valence electrons. The minimum atomic E-state index is -3.55. The molecule has 0 fully saturated rings. The Morgan fingerprint density at radius 1 is 1.14 bits per heavy atom. The van der Waals surface area contributed by atoms with E-state index in [2.05, 4.69) is 5.73 Å². The van der Waals surface area contributed by atoms with Crippen LogP contribution in [0.25, 0.3) is 0 Å². The van der Waals surface area contributed by atoms with Crippen LogP contribution in [0.1, 0.15) is 10.8 Å². The summed E-state index contributed by atoms with van der Waals surface area (Å²) in [5.41, 5.74) is 4.34. The van der Waals surface area contributed by atoms with Crippen LogP contribution in [0.3, 0.4) is 0 Å². The Morgan fingerprint density at radius 2 is 1.76 bits per heavy atom. The molecule has 0 aliphatic heterocycles. The first-order valence-electron chi connectivity index (χ1n) is 6.42. The quantitative estimate of drug-likeness (QED) is 0.914. The van der Waals surface area contributed by atoms with E-state index in [9.17, 15) is 8.42 Å². The van der Waals surface area contributed by atoms with Crippen LogP contribution in [0.4, 0.5) is 0 Å². The van der Waals surface area contributed by atoms with E-state index in [-0.39, 0.29) is 11.4 Å². The van der Waals surface area contributed by atoms with Gasteiger partial charge >= 0.3 is 0 Å². The highest BCUT2D eigenvalue weighted by Crippen LogP contribution is 2.32. The van der Waals surface area contributed by atoms with E-state index in [1.165, 1.54) is 19.2 Å². The molecule has 6 heteroatoms. The van der Waals surface area contributed by atoms with Gasteiger partial charge in [0.15, 0.2) is 9.84 Å². The van der Waals surface area contributed by atoms with Crippen LogP contribution >= 0.6 is 11.6 Å². The van der Waals surface area contributed by atoms with Gasteiger partial charge in [0.25, 0.3) is 0 Å². The van der Waals surface area contributed by atoms with E-state index in [4.69, 9.17) is 16.3 Å². The molecule has 2 aromatic carbocycles. The molecule has 0 saturated carbocycles. The predicted molar refractivity (Wildman–Crippen MR) is 82.1 cm³/mol. The Labute approximate surface area is 129 Å². The maximum absolute atomic E-state index is 12.8. The third-order valence-electron chi connectivity index (χ3n) is 3.28. The Kier molecular flexibility index (Phi) is 4.88. The smallest absolute Gasteiger partial charge is 0.190 e. The Morgan fingerprint density at radius 3 is 2.29 bits per heavy atom. The molecule has 0 aromatic heterocycles. The molecular weight excluding hydrogens is 310 g/mol. The lowest BCUT2D eigenvalue weighted by Gasteiger charge is -2.16. The number of rotatable bonds is 5. The van der Waals surface area contributed by atoms with E-state index in [0.717, 1.165) is 0 Å². The van der Waals surface area contributed by atoms with Crippen LogP contribution in [0.15, 0.2) is 53.4 Å². The predicted octanol–water partition coefficient (Wildman–Crippen LogP) is 2.11. The van der Waals surface area contributed by atoms with Crippen molar-refractivity contribution >= 4 is 21.4 Å². The van der Waals surface area contributed by atoms with Crippen molar-refractivity contribution < 1.29 is 18.9 Å². The van der Waals surface area contributed by atoms with Crippen molar-refractivity contribution in [1.29, 1.82) is 0 Å². The fourth-order valence-corrected chi connectivity index (χ4v) is 4.17. The summed E-state index contributed by atoms with van der Waals surface area (Å²) in [6.45, 7) is 0.206. The zero-order valence-electron chi connectivity index (χ0n) is 11.6. The number of sulfone groups is 1. The van der Waals surface area contributed by atoms with Gasteiger partial charge in [-0.05, 0) is 35.9 Å². The van der Waals surface area contributed by atoms with Crippen molar-refractivity contribution in [2.45, 2.75) is 10.1 Å². The minimum absolute atomic E-state index is 0.206. The number of quaternary nitrogens is 1. The maximum atomic E-state index is 12.8. The summed E-state index contributed by atoms with van der Waals surface area (Å²) in [5.74, 6) is 0.609. The largest absolute Gasteiger partial charge is 0.497 e. The third-order valence-corrected chi connectivity index (χ3v) is 5.79. The maximum Gasteiger partial charge on any atom is 0.190 e. The van der Waals surface area contributed by atoms with Crippen molar-refractivity contribution in [1.82, 2.24) is 0 Å². The molecule has 0 aliphatic rings. The van der Waals surface area contributed by atoms with E-state index < -0.39 is 15.1 Å². The molecule has 2 rings (SSSR count). The number of benzene rings is 2. The van der Waals surface area contributed by atoms with Crippen LogP contribution < -0.4 is 10.5 Å². The molecule has 0 amide bonds. The molecule has 1 atom stereocenters. The topological polar surface area (TPSA) is 71.0 Å². The first-order chi connectivity index (χ1) is 10.0. The van der Waals surface area contributed by atoms with Gasteiger partial charge in [0, 0.05) is 5.02 Å². The van der Waals surface area contributed by atoms with E-state index in [0.29, 0.717) is 16.3 Å². The second-order valence-corrected chi connectivity index (χ2v) is 7.06. The van der Waals surface area contributed by atoms with Crippen LogP contribution in [0.2, 0.25) is 5.02 Å². The van der Waals surface area contributed by atoms with Gasteiger partial charge in [0.2, 0.25) is 0 Å². The molecule has 4 nitrogen and oxygen atoms in total. The van der Waals surface area contributed by atoms with E-state index >= 15 is 0 Å². The molecule has 0 heterocycles. The lowest BCUT2D eigenvalue weighted by Crippen LogP contribution is -2.54. The Hall–Kier alpha value is -1.56. The fraction of sp³-hybridized carbons (Fsp3) is 0.200. The van der Waals surface area contributed by atoms with Crippen molar-refractivity contribution in [3.63, 3.8) is 0 Å². The van der Waals surface area contributed by atoms with Crippen LogP contribution in [-0.4, -0.2) is 22.1 Å². The average Bonchev–Trinajstić information content (AvgIpc) is 2.50. The molecule has 0 saturated heterocycles. The zero-order chi connectivity index (χ0) is 15.5. The molecule has 0 bridgehead atoms. The summed E-state index contributed by atoms with van der Waals surface area (Å²) in [7, 11) is -2.02. The van der Waals surface area contributed by atoms with Crippen molar-refractivity contribution in [3.05, 3.63) is 59.1 Å². The summed E-state index contributed by atoms with van der Waals surface area (Å²) in [6.07, 6.45) is 0. The number of hydrogen-bond donors (Lipinski definition) is 1. The highest BCUT2D eigenvalue weighted by molar-refractivity contribution is 7.91. The summed E-state index contributed by atoms with van der Waals surface area (Å²) in [4.78, 5) is 0.233. The van der Waals surface area contributed by atoms with Crippen molar-refractivity contribution in [2.75, 3.05) is 13.7 Å². The molecule has 2 aromatic rings. The van der Waals surface area contributed by atoms with E-state index in [1.54, 1.807) is 36.4 Å². The SMILES string of the molecule is COc1ccc(S(=O)(=O)[C@H](C[NH3+])c2ccccc2Cl)cc1. The molecule has 0 spiro atoms. The third kappa shape index (κ3) is 3.20. The van der Waals surface area contributed by atoms with Crippen LogP contribution in [0, 0.1) is 0 Å². The number of halogens is 1. The van der Waals surface area contributed by atoms with Gasteiger partial charge in [-0.25, -0.2) is 8.42 Å². The molecular formula is C15H17ClNO3S+. The highest BCUT2D eigenvalue weighted by Gasteiger charge is 2.31. The molecule has 0 unspecified atom stereocenters. The number of methoxy groups -OCH3 is 1. The lowest BCUT2D eigenvalue weighted by atomic mass is 10.1. The highest BCUT2D eigenvalue weighted by atomic mass is 35.5. The fourth-order valence-electron chi connectivity index (χ4n) is 2.14. The summed E-state index contributed by atoms with van der Waals surface area (Å²) < 4.78 is 30.6. The molecule has 3 N–H and O–H groups in total. The first-order valence-corrected chi connectivity index (χ1v) is 8.34. The van der Waals surface area contributed by atoms with Gasteiger partial charge < -0.3 is 10.5 Å². The standard InChI is InChI=1S/C15H16ClNO3S/c1-20-11-6-8-12(9-7-11)21(18,19)15(10-17)13-4-2-3-5-14(13)16/h2-9,15H,10,17H2,1H3/p+1/t15-/m1/s1. The van der Waals surface area contributed by atoms with Gasteiger partial charge in [-0.15, -0.1) is 0 Å². The monoisotopic (exact) mass is 326 g/mol.